The van der Waals surface area contributed by atoms with Crippen LogP contribution >= 0.6 is 0 Å². The van der Waals surface area contributed by atoms with E-state index in [0.717, 1.165) is 6.07 Å². The highest BCUT2D eigenvalue weighted by Gasteiger charge is 2.28. The summed E-state index contributed by atoms with van der Waals surface area (Å²) >= 11 is 0. The van der Waals surface area contributed by atoms with Crippen molar-refractivity contribution in [1.82, 2.24) is 29.8 Å². The Balaban J connectivity index is 1.58. The number of alkyl halides is 2. The van der Waals surface area contributed by atoms with E-state index in [1.165, 1.54) is 16.7 Å². The van der Waals surface area contributed by atoms with Crippen LogP contribution in [0, 0.1) is 11.6 Å². The number of morpholine rings is 1. The van der Waals surface area contributed by atoms with Crippen LogP contribution < -0.4 is 10.6 Å². The molecular formula is C25H25F4N7O. The van der Waals surface area contributed by atoms with Gasteiger partial charge in [0.15, 0.2) is 11.6 Å². The van der Waals surface area contributed by atoms with Gasteiger partial charge in [-0.1, -0.05) is 18.2 Å². The molecule has 4 aromatic rings. The summed E-state index contributed by atoms with van der Waals surface area (Å²) < 4.78 is 62.8. The molecular weight excluding hydrogens is 490 g/mol. The molecule has 2 aromatic carbocycles. The molecule has 2 N–H and O–H groups in total. The lowest BCUT2D eigenvalue weighted by molar-refractivity contribution is 0.0220. The predicted octanol–water partition coefficient (Wildman–Crippen LogP) is 4.52. The fourth-order valence-corrected chi connectivity index (χ4v) is 4.30. The molecule has 0 spiro atoms. The van der Waals surface area contributed by atoms with Crippen molar-refractivity contribution >= 4 is 17.0 Å². The zero-order valence-corrected chi connectivity index (χ0v) is 20.2. The lowest BCUT2D eigenvalue weighted by atomic mass is 9.94. The Kier molecular flexibility index (Phi) is 6.78. The third-order valence-corrected chi connectivity index (χ3v) is 5.94. The zero-order valence-electron chi connectivity index (χ0n) is 20.2. The summed E-state index contributed by atoms with van der Waals surface area (Å²) in [5, 5.41) is 6.37. The minimum atomic E-state index is -2.88. The minimum Gasteiger partial charge on any atom is -0.368 e. The Morgan fingerprint density at radius 1 is 1.11 bits per heavy atom. The summed E-state index contributed by atoms with van der Waals surface area (Å²) in [6, 6.07) is 10.1. The number of halogens is 4. The van der Waals surface area contributed by atoms with Gasteiger partial charge >= 0.3 is 0 Å². The zero-order chi connectivity index (χ0) is 26.2. The Bertz CT molecular complexity index is 1420. The van der Waals surface area contributed by atoms with Gasteiger partial charge in [0.1, 0.15) is 17.7 Å². The fourth-order valence-electron chi connectivity index (χ4n) is 4.30. The summed E-state index contributed by atoms with van der Waals surface area (Å²) in [5.41, 5.74) is 0.282. The van der Waals surface area contributed by atoms with Gasteiger partial charge in [0.2, 0.25) is 11.9 Å². The van der Waals surface area contributed by atoms with E-state index < -0.39 is 35.5 Å². The summed E-state index contributed by atoms with van der Waals surface area (Å²) in [4.78, 5) is 17.5. The Hall–Kier alpha value is -3.64. The third-order valence-electron chi connectivity index (χ3n) is 5.94. The van der Waals surface area contributed by atoms with Gasteiger partial charge in [-0.3, -0.25) is 4.57 Å². The summed E-state index contributed by atoms with van der Waals surface area (Å²) in [6.45, 7) is 5.13. The highest BCUT2D eigenvalue weighted by Crippen LogP contribution is 2.28. The number of benzene rings is 2. The van der Waals surface area contributed by atoms with Crippen molar-refractivity contribution < 1.29 is 22.3 Å². The molecule has 37 heavy (non-hydrogen) atoms. The summed E-state index contributed by atoms with van der Waals surface area (Å²) in [5.74, 6) is -1.53. The highest BCUT2D eigenvalue weighted by atomic mass is 19.3. The molecule has 0 amide bonds. The van der Waals surface area contributed by atoms with Gasteiger partial charge in [-0.15, -0.1) is 0 Å². The highest BCUT2D eigenvalue weighted by molar-refractivity contribution is 5.77. The smallest absolute Gasteiger partial charge is 0.296 e. The summed E-state index contributed by atoms with van der Waals surface area (Å²) in [6.07, 6.45) is -3.24. The largest absolute Gasteiger partial charge is 0.368 e. The molecule has 1 aliphatic rings. The maximum absolute atomic E-state index is 14.3. The van der Waals surface area contributed by atoms with E-state index in [9.17, 15) is 17.6 Å². The number of hydrogen-bond donors (Lipinski definition) is 2. The fraction of sp³-hybridized carbons (Fsp3) is 0.360. The van der Waals surface area contributed by atoms with Gasteiger partial charge in [0.05, 0.1) is 17.6 Å². The lowest BCUT2D eigenvalue weighted by Crippen LogP contribution is -2.36. The number of ether oxygens (including phenoxy) is 1. The number of imidazole rings is 1. The average Bonchev–Trinajstić information content (AvgIpc) is 3.26. The van der Waals surface area contributed by atoms with Crippen LogP contribution in [0.3, 0.4) is 0 Å². The molecule has 2 aromatic heterocycles. The second kappa shape index (κ2) is 10.0. The Labute approximate surface area is 210 Å². The van der Waals surface area contributed by atoms with E-state index in [-0.39, 0.29) is 24.1 Å². The molecule has 12 heteroatoms. The molecule has 0 aliphatic carbocycles. The number of rotatable bonds is 7. The van der Waals surface area contributed by atoms with E-state index >= 15 is 0 Å². The first-order valence-electron chi connectivity index (χ1n) is 11.8. The normalized spacial score (nSPS) is 16.5. The van der Waals surface area contributed by atoms with Crippen molar-refractivity contribution in [2.24, 2.45) is 0 Å². The number of hydrogen-bond acceptors (Lipinski definition) is 7. The molecule has 3 heterocycles. The van der Waals surface area contributed by atoms with Crippen LogP contribution in [0.2, 0.25) is 0 Å². The van der Waals surface area contributed by atoms with Crippen LogP contribution in [0.15, 0.2) is 42.5 Å². The standard InChI is InChI=1S/C25H25F4N7O/c1-25(2,12-14-7-8-15(26)11-16(14)27)35-23-32-21(19-13-30-9-10-37-19)33-24(34-23)36-18-6-4-3-5-17(18)31-22(36)20(28)29/h3-8,11,19-20,30H,9-10,12-13H2,1-2H3,(H,32,33,34,35). The molecule has 1 saturated heterocycles. The minimum absolute atomic E-state index is 0.0468. The van der Waals surface area contributed by atoms with E-state index in [0.29, 0.717) is 36.3 Å². The van der Waals surface area contributed by atoms with Crippen molar-refractivity contribution in [1.29, 1.82) is 0 Å². The first kappa shape index (κ1) is 25.0. The molecule has 8 nitrogen and oxygen atoms in total. The first-order chi connectivity index (χ1) is 17.7. The summed E-state index contributed by atoms with van der Waals surface area (Å²) in [7, 11) is 0. The Morgan fingerprint density at radius 3 is 2.65 bits per heavy atom. The van der Waals surface area contributed by atoms with E-state index in [4.69, 9.17) is 4.74 Å². The molecule has 0 radical (unpaired) electrons. The number of para-hydroxylation sites is 2. The van der Waals surface area contributed by atoms with Gasteiger partial charge < -0.3 is 15.4 Å². The van der Waals surface area contributed by atoms with Crippen LogP contribution in [0.4, 0.5) is 23.5 Å². The van der Waals surface area contributed by atoms with Crippen LogP contribution in [-0.2, 0) is 11.2 Å². The predicted molar refractivity (Wildman–Crippen MR) is 129 cm³/mol. The van der Waals surface area contributed by atoms with Gasteiger partial charge in [0, 0.05) is 24.7 Å². The van der Waals surface area contributed by atoms with Crippen LogP contribution in [-0.4, -0.2) is 49.7 Å². The number of nitrogens with zero attached hydrogens (tertiary/aromatic N) is 5. The molecule has 1 fully saturated rings. The lowest BCUT2D eigenvalue weighted by Gasteiger charge is -2.28. The number of nitrogens with one attached hydrogen (secondary N) is 2. The van der Waals surface area contributed by atoms with Crippen molar-refractivity contribution in [3.8, 4) is 5.95 Å². The van der Waals surface area contributed by atoms with Crippen molar-refractivity contribution in [3.05, 3.63) is 71.3 Å². The van der Waals surface area contributed by atoms with Crippen LogP contribution in [0.1, 0.15) is 43.6 Å². The van der Waals surface area contributed by atoms with E-state index in [1.807, 2.05) is 0 Å². The molecule has 0 bridgehead atoms. The maximum atomic E-state index is 14.3. The number of anilines is 1. The van der Waals surface area contributed by atoms with Crippen molar-refractivity contribution in [2.45, 2.75) is 38.3 Å². The van der Waals surface area contributed by atoms with Gasteiger partial charge in [-0.2, -0.15) is 15.0 Å². The molecule has 194 valence electrons. The second-order valence-corrected chi connectivity index (χ2v) is 9.40. The quantitative estimate of drug-likeness (QED) is 0.350. The Morgan fingerprint density at radius 2 is 1.92 bits per heavy atom. The molecule has 1 atom stereocenters. The van der Waals surface area contributed by atoms with E-state index in [1.54, 1.807) is 38.1 Å². The monoisotopic (exact) mass is 515 g/mol. The third kappa shape index (κ3) is 5.39. The molecule has 5 rings (SSSR count). The van der Waals surface area contributed by atoms with Crippen molar-refractivity contribution in [2.75, 3.05) is 25.0 Å². The maximum Gasteiger partial charge on any atom is 0.296 e. The van der Waals surface area contributed by atoms with Crippen molar-refractivity contribution in [3.63, 3.8) is 0 Å². The number of aromatic nitrogens is 5. The van der Waals surface area contributed by atoms with Crippen LogP contribution in [0.25, 0.3) is 17.0 Å². The topological polar surface area (TPSA) is 89.8 Å². The number of fused-ring (bicyclic) bond motifs is 1. The van der Waals surface area contributed by atoms with E-state index in [2.05, 4.69) is 30.6 Å². The molecule has 1 unspecified atom stereocenters. The molecule has 1 aliphatic heterocycles. The first-order valence-corrected chi connectivity index (χ1v) is 11.8. The average molecular weight is 516 g/mol. The second-order valence-electron chi connectivity index (χ2n) is 9.40. The van der Waals surface area contributed by atoms with Gasteiger partial charge in [0.25, 0.3) is 6.43 Å². The SMILES string of the molecule is CC(C)(Cc1ccc(F)cc1F)Nc1nc(C2CNCCO2)nc(-n2c(C(F)F)nc3ccccc32)n1. The van der Waals surface area contributed by atoms with Gasteiger partial charge in [-0.05, 0) is 44.0 Å². The molecule has 0 saturated carbocycles. The van der Waals surface area contributed by atoms with Crippen LogP contribution in [0.5, 0.6) is 0 Å². The van der Waals surface area contributed by atoms with Gasteiger partial charge in [-0.25, -0.2) is 22.5 Å².